The number of aliphatic imine (C=N–C) groups is 1. The van der Waals surface area contributed by atoms with Gasteiger partial charge in [0.05, 0.1) is 19.9 Å². The average molecular weight is 331 g/mol. The van der Waals surface area contributed by atoms with E-state index < -0.39 is 0 Å². The van der Waals surface area contributed by atoms with Gasteiger partial charge < -0.3 is 20.3 Å². The predicted octanol–water partition coefficient (Wildman–Crippen LogP) is -0.308. The van der Waals surface area contributed by atoms with Crippen LogP contribution in [0, 0.1) is 0 Å². The standard InChI is InChI=1S/C15H30FN5O2/c1-20(2)14(22)13-19-15(17-6-3-5-16)18-7-4-8-21-9-11-23-12-10-21/h3-13H2,1-2H3,(H2,17,18,19). The van der Waals surface area contributed by atoms with Crippen LogP contribution in [0.5, 0.6) is 0 Å². The number of guanidine groups is 1. The number of hydrogen-bond acceptors (Lipinski definition) is 4. The summed E-state index contributed by atoms with van der Waals surface area (Å²) < 4.78 is 17.5. The summed E-state index contributed by atoms with van der Waals surface area (Å²) in [6.07, 6.45) is 1.40. The first kappa shape index (κ1) is 19.6. The van der Waals surface area contributed by atoms with Gasteiger partial charge in [-0.15, -0.1) is 0 Å². The van der Waals surface area contributed by atoms with Crippen molar-refractivity contribution in [2.45, 2.75) is 12.8 Å². The van der Waals surface area contributed by atoms with E-state index >= 15 is 0 Å². The van der Waals surface area contributed by atoms with Crippen LogP contribution in [0.1, 0.15) is 12.8 Å². The van der Waals surface area contributed by atoms with Crippen molar-refractivity contribution < 1.29 is 13.9 Å². The Balaban J connectivity index is 2.29. The molecule has 0 saturated carbocycles. The zero-order valence-electron chi connectivity index (χ0n) is 14.3. The van der Waals surface area contributed by atoms with E-state index in [1.165, 1.54) is 4.90 Å². The number of likely N-dealkylation sites (N-methyl/N-ethyl adjacent to an activating group) is 1. The number of rotatable bonds is 9. The molecule has 7 nitrogen and oxygen atoms in total. The molecule has 134 valence electrons. The number of amides is 1. The van der Waals surface area contributed by atoms with Crippen molar-refractivity contribution in [3.05, 3.63) is 0 Å². The van der Waals surface area contributed by atoms with Gasteiger partial charge in [0.15, 0.2) is 5.96 Å². The Morgan fingerprint density at radius 3 is 2.48 bits per heavy atom. The highest BCUT2D eigenvalue weighted by molar-refractivity contribution is 5.84. The van der Waals surface area contributed by atoms with Crippen LogP contribution >= 0.6 is 0 Å². The molecule has 0 atom stereocenters. The maximum Gasteiger partial charge on any atom is 0.243 e. The van der Waals surface area contributed by atoms with Crippen molar-refractivity contribution in [3.63, 3.8) is 0 Å². The van der Waals surface area contributed by atoms with E-state index in [2.05, 4.69) is 20.5 Å². The van der Waals surface area contributed by atoms with E-state index in [0.29, 0.717) is 18.9 Å². The third-order valence-corrected chi connectivity index (χ3v) is 3.52. The molecule has 1 fully saturated rings. The number of nitrogens with zero attached hydrogens (tertiary/aromatic N) is 3. The highest BCUT2D eigenvalue weighted by Crippen LogP contribution is 1.97. The van der Waals surface area contributed by atoms with Gasteiger partial charge in [-0.3, -0.25) is 14.1 Å². The van der Waals surface area contributed by atoms with Gasteiger partial charge >= 0.3 is 0 Å². The highest BCUT2D eigenvalue weighted by atomic mass is 19.1. The number of carbonyl (C=O) groups is 1. The molecule has 0 radical (unpaired) electrons. The lowest BCUT2D eigenvalue weighted by Crippen LogP contribution is -2.41. The second kappa shape index (κ2) is 12.1. The van der Waals surface area contributed by atoms with Crippen LogP contribution in [0.25, 0.3) is 0 Å². The first-order valence-corrected chi connectivity index (χ1v) is 8.22. The van der Waals surface area contributed by atoms with Crippen LogP contribution < -0.4 is 10.6 Å². The first-order valence-electron chi connectivity index (χ1n) is 8.22. The number of morpholine rings is 1. The maximum absolute atomic E-state index is 12.2. The SMILES string of the molecule is CN(C)C(=O)CN=C(NCCCF)NCCCN1CCOCC1. The molecule has 0 unspecified atom stereocenters. The van der Waals surface area contributed by atoms with E-state index in [4.69, 9.17) is 4.74 Å². The molecule has 1 saturated heterocycles. The lowest BCUT2D eigenvalue weighted by molar-refractivity contribution is -0.127. The molecule has 0 aromatic carbocycles. The van der Waals surface area contributed by atoms with Gasteiger partial charge in [-0.1, -0.05) is 0 Å². The minimum atomic E-state index is -0.367. The number of alkyl halides is 1. The summed E-state index contributed by atoms with van der Waals surface area (Å²) in [4.78, 5) is 19.7. The molecule has 1 amide bonds. The van der Waals surface area contributed by atoms with Crippen LogP contribution in [-0.4, -0.2) is 94.9 Å². The van der Waals surface area contributed by atoms with Crippen molar-refractivity contribution in [2.24, 2.45) is 4.99 Å². The van der Waals surface area contributed by atoms with Crippen LogP contribution in [-0.2, 0) is 9.53 Å². The fraction of sp³-hybridized carbons (Fsp3) is 0.867. The molecule has 1 rings (SSSR count). The maximum atomic E-state index is 12.2. The largest absolute Gasteiger partial charge is 0.379 e. The molecular formula is C15H30FN5O2. The molecule has 2 N–H and O–H groups in total. The summed E-state index contributed by atoms with van der Waals surface area (Å²) in [5.41, 5.74) is 0. The van der Waals surface area contributed by atoms with Gasteiger partial charge in [0.2, 0.25) is 5.91 Å². The van der Waals surface area contributed by atoms with Crippen LogP contribution in [0.4, 0.5) is 4.39 Å². The summed E-state index contributed by atoms with van der Waals surface area (Å²) in [5, 5.41) is 6.25. The lowest BCUT2D eigenvalue weighted by atomic mass is 10.3. The summed E-state index contributed by atoms with van der Waals surface area (Å²) in [5.74, 6) is 0.500. The van der Waals surface area contributed by atoms with E-state index in [-0.39, 0.29) is 19.1 Å². The molecule has 23 heavy (non-hydrogen) atoms. The zero-order valence-corrected chi connectivity index (χ0v) is 14.3. The number of halogens is 1. The van der Waals surface area contributed by atoms with E-state index in [1.54, 1.807) is 14.1 Å². The van der Waals surface area contributed by atoms with Crippen molar-refractivity contribution in [2.75, 3.05) is 73.3 Å². The fourth-order valence-electron chi connectivity index (χ4n) is 2.07. The van der Waals surface area contributed by atoms with Gasteiger partial charge in [0.1, 0.15) is 6.54 Å². The monoisotopic (exact) mass is 331 g/mol. The van der Waals surface area contributed by atoms with Crippen molar-refractivity contribution >= 4 is 11.9 Å². The molecule has 0 aromatic heterocycles. The Bertz CT molecular complexity index is 360. The minimum absolute atomic E-state index is 0.0649. The average Bonchev–Trinajstić information content (AvgIpc) is 2.56. The van der Waals surface area contributed by atoms with Crippen LogP contribution in [0.2, 0.25) is 0 Å². The van der Waals surface area contributed by atoms with Crippen molar-refractivity contribution in [1.29, 1.82) is 0 Å². The van der Waals surface area contributed by atoms with Gasteiger partial charge in [0, 0.05) is 40.3 Å². The van der Waals surface area contributed by atoms with E-state index in [9.17, 15) is 9.18 Å². The summed E-state index contributed by atoms with van der Waals surface area (Å²) in [6.45, 7) is 5.55. The molecule has 0 aromatic rings. The third kappa shape index (κ3) is 9.35. The molecule has 0 spiro atoms. The van der Waals surface area contributed by atoms with Gasteiger partial charge in [-0.2, -0.15) is 0 Å². The highest BCUT2D eigenvalue weighted by Gasteiger charge is 2.09. The summed E-state index contributed by atoms with van der Waals surface area (Å²) >= 11 is 0. The van der Waals surface area contributed by atoms with Crippen LogP contribution in [0.15, 0.2) is 4.99 Å². The Labute approximate surface area is 138 Å². The number of carbonyl (C=O) groups excluding carboxylic acids is 1. The van der Waals surface area contributed by atoms with Crippen LogP contribution in [0.3, 0.4) is 0 Å². The summed E-state index contributed by atoms with van der Waals surface area (Å²) in [7, 11) is 3.40. The molecule has 1 aliphatic heterocycles. The topological polar surface area (TPSA) is 69.2 Å². The zero-order chi connectivity index (χ0) is 16.9. The van der Waals surface area contributed by atoms with Gasteiger partial charge in [-0.05, 0) is 19.4 Å². The van der Waals surface area contributed by atoms with Crippen molar-refractivity contribution in [1.82, 2.24) is 20.4 Å². The number of hydrogen-bond donors (Lipinski definition) is 2. The molecule has 8 heteroatoms. The quantitative estimate of drug-likeness (QED) is 0.345. The Morgan fingerprint density at radius 1 is 1.22 bits per heavy atom. The normalized spacial score (nSPS) is 16.2. The summed E-state index contributed by atoms with van der Waals surface area (Å²) in [6, 6.07) is 0. The first-order chi connectivity index (χ1) is 11.1. The minimum Gasteiger partial charge on any atom is -0.379 e. The predicted molar refractivity (Wildman–Crippen MR) is 89.5 cm³/mol. The molecule has 1 aliphatic rings. The lowest BCUT2D eigenvalue weighted by Gasteiger charge is -2.26. The van der Waals surface area contributed by atoms with E-state index in [0.717, 1.165) is 45.8 Å². The fourth-order valence-corrected chi connectivity index (χ4v) is 2.07. The van der Waals surface area contributed by atoms with Crippen molar-refractivity contribution in [3.8, 4) is 0 Å². The molecule has 0 aliphatic carbocycles. The Morgan fingerprint density at radius 2 is 1.87 bits per heavy atom. The van der Waals surface area contributed by atoms with E-state index in [1.807, 2.05) is 0 Å². The van der Waals surface area contributed by atoms with Gasteiger partial charge in [0.25, 0.3) is 0 Å². The Hall–Kier alpha value is -1.41. The number of nitrogens with one attached hydrogen (secondary N) is 2. The second-order valence-electron chi connectivity index (χ2n) is 5.66. The smallest absolute Gasteiger partial charge is 0.243 e. The third-order valence-electron chi connectivity index (χ3n) is 3.52. The molecule has 0 bridgehead atoms. The second-order valence-corrected chi connectivity index (χ2v) is 5.66. The number of ether oxygens (including phenoxy) is 1. The molecular weight excluding hydrogens is 301 g/mol. The Kier molecular flexibility index (Phi) is 10.3. The molecule has 1 heterocycles. The van der Waals surface area contributed by atoms with Gasteiger partial charge in [-0.25, -0.2) is 4.99 Å².